The van der Waals surface area contributed by atoms with Gasteiger partial charge < -0.3 is 4.98 Å². The van der Waals surface area contributed by atoms with Gasteiger partial charge in [-0.1, -0.05) is 35.9 Å². The van der Waals surface area contributed by atoms with Gasteiger partial charge in [0.25, 0.3) is 0 Å². The monoisotopic (exact) mass is 335 g/mol. The van der Waals surface area contributed by atoms with E-state index in [9.17, 15) is 0 Å². The smallest absolute Gasteiger partial charge is 0.143 e. The zero-order valence-corrected chi connectivity index (χ0v) is 12.8. The molecule has 0 amide bonds. The number of aromatic amines is 1. The SMILES string of the molecule is Cc1nc(-c2ccccc2C)c2c(Br)c(Cl)[nH]c2n1. The van der Waals surface area contributed by atoms with Crippen molar-refractivity contribution in [3.63, 3.8) is 0 Å². The summed E-state index contributed by atoms with van der Waals surface area (Å²) in [5.74, 6) is 0.719. The third kappa shape index (κ3) is 2.05. The maximum atomic E-state index is 6.13. The van der Waals surface area contributed by atoms with Crippen LogP contribution in [0.15, 0.2) is 28.7 Å². The molecule has 0 aliphatic carbocycles. The molecule has 3 rings (SSSR count). The molecule has 0 unspecified atom stereocenters. The minimum atomic E-state index is 0.546. The molecule has 5 heteroatoms. The van der Waals surface area contributed by atoms with Crippen LogP contribution < -0.4 is 0 Å². The molecule has 0 fully saturated rings. The second-order valence-electron chi connectivity index (χ2n) is 4.41. The molecule has 0 bridgehead atoms. The molecule has 0 spiro atoms. The van der Waals surface area contributed by atoms with E-state index in [0.29, 0.717) is 5.15 Å². The Morgan fingerprint density at radius 3 is 2.63 bits per heavy atom. The highest BCUT2D eigenvalue weighted by Crippen LogP contribution is 2.37. The Morgan fingerprint density at radius 1 is 1.16 bits per heavy atom. The molecule has 1 aromatic carbocycles. The molecule has 3 nitrogen and oxygen atoms in total. The zero-order valence-electron chi connectivity index (χ0n) is 10.5. The number of nitrogens with one attached hydrogen (secondary N) is 1. The number of nitrogens with zero attached hydrogens (tertiary/aromatic N) is 2. The van der Waals surface area contributed by atoms with Crippen molar-refractivity contribution in [2.24, 2.45) is 0 Å². The van der Waals surface area contributed by atoms with Crippen LogP contribution in [0.25, 0.3) is 22.3 Å². The summed E-state index contributed by atoms with van der Waals surface area (Å²) in [5.41, 5.74) is 3.92. The molecule has 0 saturated carbocycles. The predicted octanol–water partition coefficient (Wildman–Crippen LogP) is 4.66. The Bertz CT molecular complexity index is 780. The molecule has 1 N–H and O–H groups in total. The highest BCUT2D eigenvalue weighted by molar-refractivity contribution is 9.10. The number of fused-ring (bicyclic) bond motifs is 1. The number of halogens is 2. The molecule has 0 aliphatic heterocycles. The van der Waals surface area contributed by atoms with Crippen LogP contribution in [-0.4, -0.2) is 15.0 Å². The molecule has 0 atom stereocenters. The van der Waals surface area contributed by atoms with Crippen molar-refractivity contribution in [2.75, 3.05) is 0 Å². The van der Waals surface area contributed by atoms with Gasteiger partial charge in [0.05, 0.1) is 15.6 Å². The van der Waals surface area contributed by atoms with Gasteiger partial charge in [0.1, 0.15) is 16.6 Å². The Labute approximate surface area is 124 Å². The van der Waals surface area contributed by atoms with E-state index < -0.39 is 0 Å². The maximum Gasteiger partial charge on any atom is 0.143 e. The molecule has 96 valence electrons. The summed E-state index contributed by atoms with van der Waals surface area (Å²) in [6.07, 6.45) is 0. The summed E-state index contributed by atoms with van der Waals surface area (Å²) in [6, 6.07) is 8.15. The number of aromatic nitrogens is 3. The van der Waals surface area contributed by atoms with Crippen molar-refractivity contribution < 1.29 is 0 Å². The van der Waals surface area contributed by atoms with Crippen LogP contribution in [0.3, 0.4) is 0 Å². The van der Waals surface area contributed by atoms with Crippen LogP contribution >= 0.6 is 27.5 Å². The molecular formula is C14H11BrClN3. The number of rotatable bonds is 1. The van der Waals surface area contributed by atoms with Crippen molar-refractivity contribution in [2.45, 2.75) is 13.8 Å². The van der Waals surface area contributed by atoms with Gasteiger partial charge in [0.2, 0.25) is 0 Å². The summed E-state index contributed by atoms with van der Waals surface area (Å²) in [5, 5.41) is 1.47. The van der Waals surface area contributed by atoms with Crippen LogP contribution in [0.1, 0.15) is 11.4 Å². The van der Waals surface area contributed by atoms with Crippen molar-refractivity contribution in [1.29, 1.82) is 0 Å². The molecule has 0 saturated heterocycles. The number of hydrogen-bond donors (Lipinski definition) is 1. The standard InChI is InChI=1S/C14H11BrClN3/c1-7-5-3-4-6-9(7)12-10-11(15)13(16)19-14(10)18-8(2)17-12/h3-6H,1-2H3,(H,17,18,19). The van der Waals surface area contributed by atoms with E-state index in [1.54, 1.807) is 0 Å². The van der Waals surface area contributed by atoms with Crippen LogP contribution in [0.4, 0.5) is 0 Å². The molecule has 19 heavy (non-hydrogen) atoms. The first kappa shape index (κ1) is 12.6. The number of aryl methyl sites for hydroxylation is 2. The maximum absolute atomic E-state index is 6.13. The normalized spacial score (nSPS) is 11.2. The number of H-pyrrole nitrogens is 1. The van der Waals surface area contributed by atoms with Gasteiger partial charge in [-0.25, -0.2) is 9.97 Å². The first-order chi connectivity index (χ1) is 9.08. The minimum Gasteiger partial charge on any atom is -0.329 e. The second kappa shape index (κ2) is 4.62. The van der Waals surface area contributed by atoms with Crippen LogP contribution in [0.5, 0.6) is 0 Å². The Morgan fingerprint density at radius 2 is 1.89 bits per heavy atom. The largest absolute Gasteiger partial charge is 0.329 e. The lowest BCUT2D eigenvalue weighted by atomic mass is 10.0. The number of benzene rings is 1. The fourth-order valence-corrected chi connectivity index (χ4v) is 2.83. The average molecular weight is 337 g/mol. The Hall–Kier alpha value is -1.39. The first-order valence-electron chi connectivity index (χ1n) is 5.85. The summed E-state index contributed by atoms with van der Waals surface area (Å²) in [4.78, 5) is 12.0. The van der Waals surface area contributed by atoms with Crippen LogP contribution in [0.2, 0.25) is 5.15 Å². The molecule has 2 aromatic heterocycles. The van der Waals surface area contributed by atoms with E-state index >= 15 is 0 Å². The van der Waals surface area contributed by atoms with E-state index in [-0.39, 0.29) is 0 Å². The van der Waals surface area contributed by atoms with E-state index in [0.717, 1.165) is 32.6 Å². The highest BCUT2D eigenvalue weighted by Gasteiger charge is 2.17. The van der Waals surface area contributed by atoms with Crippen molar-refractivity contribution in [3.05, 3.63) is 45.3 Å². The van der Waals surface area contributed by atoms with E-state index in [4.69, 9.17) is 11.6 Å². The van der Waals surface area contributed by atoms with E-state index in [2.05, 4.69) is 49.9 Å². The third-order valence-electron chi connectivity index (χ3n) is 3.06. The van der Waals surface area contributed by atoms with Gasteiger partial charge >= 0.3 is 0 Å². The van der Waals surface area contributed by atoms with Crippen LogP contribution in [-0.2, 0) is 0 Å². The lowest BCUT2D eigenvalue weighted by molar-refractivity contribution is 1.08. The average Bonchev–Trinajstić information content (AvgIpc) is 2.64. The molecular weight excluding hydrogens is 326 g/mol. The lowest BCUT2D eigenvalue weighted by Crippen LogP contribution is -1.94. The third-order valence-corrected chi connectivity index (χ3v) is 4.37. The summed E-state index contributed by atoms with van der Waals surface area (Å²) < 4.78 is 0.808. The minimum absolute atomic E-state index is 0.546. The van der Waals surface area contributed by atoms with E-state index in [1.165, 1.54) is 5.56 Å². The topological polar surface area (TPSA) is 41.6 Å². The van der Waals surface area contributed by atoms with Crippen molar-refractivity contribution in [1.82, 2.24) is 15.0 Å². The second-order valence-corrected chi connectivity index (χ2v) is 5.58. The fraction of sp³-hybridized carbons (Fsp3) is 0.143. The van der Waals surface area contributed by atoms with Gasteiger partial charge in [-0.05, 0) is 35.3 Å². The lowest BCUT2D eigenvalue weighted by Gasteiger charge is -2.07. The fourth-order valence-electron chi connectivity index (χ4n) is 2.17. The zero-order chi connectivity index (χ0) is 13.6. The summed E-state index contributed by atoms with van der Waals surface area (Å²) in [6.45, 7) is 3.95. The Kier molecular flexibility index (Phi) is 3.07. The van der Waals surface area contributed by atoms with E-state index in [1.807, 2.05) is 19.1 Å². The van der Waals surface area contributed by atoms with Crippen molar-refractivity contribution in [3.8, 4) is 11.3 Å². The predicted molar refractivity (Wildman–Crippen MR) is 81.5 cm³/mol. The van der Waals surface area contributed by atoms with Gasteiger partial charge in [-0.3, -0.25) is 0 Å². The van der Waals surface area contributed by atoms with Crippen molar-refractivity contribution >= 4 is 38.6 Å². The molecule has 2 heterocycles. The first-order valence-corrected chi connectivity index (χ1v) is 7.02. The number of hydrogen-bond acceptors (Lipinski definition) is 2. The Balaban J connectivity index is 2.44. The van der Waals surface area contributed by atoms with Gasteiger partial charge in [0.15, 0.2) is 0 Å². The molecule has 3 aromatic rings. The summed E-state index contributed by atoms with van der Waals surface area (Å²) >= 11 is 9.64. The van der Waals surface area contributed by atoms with Gasteiger partial charge in [-0.15, -0.1) is 0 Å². The summed E-state index contributed by atoms with van der Waals surface area (Å²) in [7, 11) is 0. The molecule has 0 aliphatic rings. The highest BCUT2D eigenvalue weighted by atomic mass is 79.9. The quantitative estimate of drug-likeness (QED) is 0.702. The molecule has 0 radical (unpaired) electrons. The van der Waals surface area contributed by atoms with Gasteiger partial charge in [0, 0.05) is 5.56 Å². The van der Waals surface area contributed by atoms with Gasteiger partial charge in [-0.2, -0.15) is 0 Å². The van der Waals surface area contributed by atoms with Crippen LogP contribution in [0, 0.1) is 13.8 Å².